The van der Waals surface area contributed by atoms with E-state index < -0.39 is 5.66 Å². The summed E-state index contributed by atoms with van der Waals surface area (Å²) in [4.78, 5) is 12.0. The Morgan fingerprint density at radius 2 is 1.76 bits per heavy atom. The number of hydrazine groups is 1. The number of nitrogens with zero attached hydrogens (tertiary/aromatic N) is 1. The Kier molecular flexibility index (Phi) is 2.62. The molecule has 0 aromatic heterocycles. The quantitative estimate of drug-likeness (QED) is 0.782. The number of rotatable bonds is 1. The lowest BCUT2D eigenvalue weighted by atomic mass is 9.82. The molecule has 4 heteroatoms. The second kappa shape index (κ2) is 3.74. The van der Waals surface area contributed by atoms with Gasteiger partial charge in [0.05, 0.1) is 5.69 Å². The number of carbonyl (C=O) groups excluding carboxylic acids is 1. The van der Waals surface area contributed by atoms with Crippen molar-refractivity contribution in [3.8, 4) is 0 Å². The van der Waals surface area contributed by atoms with E-state index >= 15 is 0 Å². The van der Waals surface area contributed by atoms with Gasteiger partial charge >= 0.3 is 6.03 Å². The number of amides is 2. The maximum atomic E-state index is 12.0. The first-order valence-corrected chi connectivity index (χ1v) is 5.79. The zero-order chi connectivity index (χ0) is 12.7. The molecule has 1 aromatic rings. The Morgan fingerprint density at radius 1 is 1.18 bits per heavy atom. The highest BCUT2D eigenvalue weighted by Gasteiger charge is 2.46. The number of hydrogen-bond donors (Lipinski definition) is 2. The van der Waals surface area contributed by atoms with Crippen molar-refractivity contribution in [3.05, 3.63) is 30.3 Å². The Morgan fingerprint density at radius 3 is 2.24 bits per heavy atom. The van der Waals surface area contributed by atoms with Crippen LogP contribution in [0.25, 0.3) is 0 Å². The van der Waals surface area contributed by atoms with Gasteiger partial charge in [-0.05, 0) is 24.5 Å². The summed E-state index contributed by atoms with van der Waals surface area (Å²) in [6.45, 7) is 8.27. The van der Waals surface area contributed by atoms with Crippen LogP contribution in [0.15, 0.2) is 30.3 Å². The van der Waals surface area contributed by atoms with Crippen LogP contribution in [0.4, 0.5) is 10.5 Å². The molecule has 0 aliphatic carbocycles. The molecule has 17 heavy (non-hydrogen) atoms. The average molecular weight is 233 g/mol. The van der Waals surface area contributed by atoms with Crippen LogP contribution in [0, 0.1) is 5.41 Å². The van der Waals surface area contributed by atoms with Gasteiger partial charge in [-0.2, -0.15) is 0 Å². The molecule has 1 aliphatic rings. The molecule has 1 fully saturated rings. The summed E-state index contributed by atoms with van der Waals surface area (Å²) in [5.74, 6) is 0. The van der Waals surface area contributed by atoms with Crippen LogP contribution in [0.2, 0.25) is 0 Å². The number of hydrogen-bond acceptors (Lipinski definition) is 2. The maximum Gasteiger partial charge on any atom is 0.338 e. The summed E-state index contributed by atoms with van der Waals surface area (Å²) in [5, 5.41) is 4.56. The predicted molar refractivity (Wildman–Crippen MR) is 68.4 cm³/mol. The van der Waals surface area contributed by atoms with E-state index in [9.17, 15) is 4.79 Å². The van der Waals surface area contributed by atoms with Crippen molar-refractivity contribution in [3.63, 3.8) is 0 Å². The summed E-state index contributed by atoms with van der Waals surface area (Å²) >= 11 is 0. The van der Waals surface area contributed by atoms with Crippen molar-refractivity contribution in [2.24, 2.45) is 5.41 Å². The molecular weight excluding hydrogens is 214 g/mol. The van der Waals surface area contributed by atoms with E-state index in [-0.39, 0.29) is 11.4 Å². The molecule has 0 saturated carbocycles. The second-order valence-corrected chi connectivity index (χ2v) is 5.59. The Balaban J connectivity index is 2.28. The van der Waals surface area contributed by atoms with Crippen molar-refractivity contribution in [2.75, 3.05) is 5.01 Å². The minimum atomic E-state index is -0.445. The molecule has 1 aliphatic heterocycles. The molecule has 1 heterocycles. The molecule has 1 atom stereocenters. The van der Waals surface area contributed by atoms with Crippen LogP contribution < -0.4 is 15.8 Å². The summed E-state index contributed by atoms with van der Waals surface area (Å²) in [7, 11) is 0. The Hall–Kier alpha value is -1.55. The molecule has 2 amide bonds. The van der Waals surface area contributed by atoms with Crippen LogP contribution in [0.1, 0.15) is 27.7 Å². The molecule has 2 N–H and O–H groups in total. The Bertz CT molecular complexity index is 424. The first kappa shape index (κ1) is 11.9. The standard InChI is InChI=1S/C13H19N3O/c1-12(2,3)13(4)14-11(17)16(15-13)10-8-6-5-7-9-10/h5-9,15H,1-4H3,(H,14,17)/t13-/m1/s1. The van der Waals surface area contributed by atoms with Crippen LogP contribution in [0.5, 0.6) is 0 Å². The summed E-state index contributed by atoms with van der Waals surface area (Å²) in [6, 6.07) is 9.45. The summed E-state index contributed by atoms with van der Waals surface area (Å²) in [6.07, 6.45) is 0. The van der Waals surface area contributed by atoms with Gasteiger partial charge in [0.15, 0.2) is 0 Å². The number of urea groups is 1. The molecule has 92 valence electrons. The van der Waals surface area contributed by atoms with E-state index in [1.54, 1.807) is 5.01 Å². The van der Waals surface area contributed by atoms with Gasteiger partial charge in [0.25, 0.3) is 0 Å². The topological polar surface area (TPSA) is 44.4 Å². The van der Waals surface area contributed by atoms with E-state index in [1.807, 2.05) is 37.3 Å². The summed E-state index contributed by atoms with van der Waals surface area (Å²) < 4.78 is 0. The number of nitrogens with one attached hydrogen (secondary N) is 2. The number of carbonyl (C=O) groups is 1. The lowest BCUT2D eigenvalue weighted by Crippen LogP contribution is -2.57. The molecule has 1 aromatic carbocycles. The molecule has 0 unspecified atom stereocenters. The second-order valence-electron chi connectivity index (χ2n) is 5.59. The molecule has 0 bridgehead atoms. The van der Waals surface area contributed by atoms with Crippen molar-refractivity contribution >= 4 is 11.7 Å². The average Bonchev–Trinajstić information content (AvgIpc) is 2.56. The van der Waals surface area contributed by atoms with Gasteiger partial charge in [0.2, 0.25) is 0 Å². The van der Waals surface area contributed by atoms with Gasteiger partial charge in [-0.25, -0.2) is 15.2 Å². The molecule has 0 radical (unpaired) electrons. The molecule has 2 rings (SSSR count). The first-order chi connectivity index (χ1) is 7.83. The third-order valence-corrected chi connectivity index (χ3v) is 3.41. The van der Waals surface area contributed by atoms with E-state index in [0.717, 1.165) is 5.69 Å². The van der Waals surface area contributed by atoms with Gasteiger partial charge in [0.1, 0.15) is 5.66 Å². The van der Waals surface area contributed by atoms with E-state index in [0.29, 0.717) is 0 Å². The van der Waals surface area contributed by atoms with Gasteiger partial charge < -0.3 is 5.32 Å². The monoisotopic (exact) mass is 233 g/mol. The maximum absolute atomic E-state index is 12.0. The van der Waals surface area contributed by atoms with Gasteiger partial charge in [-0.1, -0.05) is 39.0 Å². The third kappa shape index (κ3) is 2.00. The highest BCUT2D eigenvalue weighted by Crippen LogP contribution is 2.32. The van der Waals surface area contributed by atoms with E-state index in [4.69, 9.17) is 0 Å². The van der Waals surface area contributed by atoms with Crippen LogP contribution in [0.3, 0.4) is 0 Å². The lowest BCUT2D eigenvalue weighted by molar-refractivity contribution is 0.155. The first-order valence-electron chi connectivity index (χ1n) is 5.79. The number of benzene rings is 1. The van der Waals surface area contributed by atoms with Crippen molar-refractivity contribution < 1.29 is 4.79 Å². The zero-order valence-electron chi connectivity index (χ0n) is 10.7. The van der Waals surface area contributed by atoms with Gasteiger partial charge in [-0.3, -0.25) is 0 Å². The Labute approximate surface area is 102 Å². The van der Waals surface area contributed by atoms with Crippen molar-refractivity contribution in [1.29, 1.82) is 0 Å². The largest absolute Gasteiger partial charge is 0.338 e. The third-order valence-electron chi connectivity index (χ3n) is 3.41. The fourth-order valence-electron chi connectivity index (χ4n) is 1.69. The van der Waals surface area contributed by atoms with E-state index in [1.165, 1.54) is 0 Å². The number of para-hydroxylation sites is 1. The van der Waals surface area contributed by atoms with Crippen LogP contribution in [-0.4, -0.2) is 11.7 Å². The molecule has 0 spiro atoms. The van der Waals surface area contributed by atoms with E-state index in [2.05, 4.69) is 31.5 Å². The molecule has 1 saturated heterocycles. The highest BCUT2D eigenvalue weighted by atomic mass is 16.2. The predicted octanol–water partition coefficient (Wildman–Crippen LogP) is 2.48. The minimum Gasteiger partial charge on any atom is -0.317 e. The molecule has 4 nitrogen and oxygen atoms in total. The van der Waals surface area contributed by atoms with Crippen molar-refractivity contribution in [2.45, 2.75) is 33.4 Å². The summed E-state index contributed by atoms with van der Waals surface area (Å²) in [5.41, 5.74) is 3.57. The zero-order valence-corrected chi connectivity index (χ0v) is 10.7. The van der Waals surface area contributed by atoms with Gasteiger partial charge in [-0.15, -0.1) is 0 Å². The smallest absolute Gasteiger partial charge is 0.317 e. The van der Waals surface area contributed by atoms with Crippen molar-refractivity contribution in [1.82, 2.24) is 10.7 Å². The van der Waals surface area contributed by atoms with Gasteiger partial charge in [0, 0.05) is 0 Å². The molecular formula is C13H19N3O. The SMILES string of the molecule is CC(C)(C)[C@]1(C)NC(=O)N(c2ccccc2)N1. The fourth-order valence-corrected chi connectivity index (χ4v) is 1.69. The normalized spacial score (nSPS) is 24.9. The fraction of sp³-hybridized carbons (Fsp3) is 0.462. The number of anilines is 1. The van der Waals surface area contributed by atoms with Crippen LogP contribution in [-0.2, 0) is 0 Å². The minimum absolute atomic E-state index is 0.0772. The van der Waals surface area contributed by atoms with Crippen LogP contribution >= 0.6 is 0 Å². The highest BCUT2D eigenvalue weighted by molar-refractivity contribution is 5.93. The lowest BCUT2D eigenvalue weighted by Gasteiger charge is -2.37.